The molecule has 1 aromatic rings. The Labute approximate surface area is 93.2 Å². The average molecular weight is 226 g/mol. The molecular formula is C10H14N2O4. The van der Waals surface area contributed by atoms with Crippen molar-refractivity contribution in [2.24, 2.45) is 5.84 Å². The van der Waals surface area contributed by atoms with Gasteiger partial charge in [-0.3, -0.25) is 21.0 Å². The first-order chi connectivity index (χ1) is 7.67. The molecule has 0 amide bonds. The van der Waals surface area contributed by atoms with E-state index in [1.807, 2.05) is 0 Å². The highest BCUT2D eigenvalue weighted by molar-refractivity contribution is 5.65. The number of benzene rings is 1. The Balaban J connectivity index is 2.86. The number of nitrogens with two attached hydrogens (primary N) is 1. The van der Waals surface area contributed by atoms with E-state index >= 15 is 0 Å². The largest absolute Gasteiger partial charge is 0.497 e. The Hall–Kier alpha value is -1.79. The third-order valence-corrected chi connectivity index (χ3v) is 1.82. The molecule has 1 aromatic carbocycles. The van der Waals surface area contributed by atoms with E-state index in [0.717, 1.165) is 5.56 Å². The molecule has 0 aliphatic carbocycles. The topological polar surface area (TPSA) is 82.8 Å². The zero-order chi connectivity index (χ0) is 12.0. The Kier molecular flexibility index (Phi) is 4.56. The van der Waals surface area contributed by atoms with Gasteiger partial charge in [-0.25, -0.2) is 4.79 Å². The Morgan fingerprint density at radius 2 is 2.25 bits per heavy atom. The van der Waals surface area contributed by atoms with E-state index in [9.17, 15) is 4.79 Å². The molecule has 0 spiro atoms. The minimum Gasteiger partial charge on any atom is -0.497 e. The van der Waals surface area contributed by atoms with Crippen LogP contribution in [0, 0.1) is 0 Å². The summed E-state index contributed by atoms with van der Waals surface area (Å²) in [7, 11) is 1.53. The number of nitrogens with one attached hydrogen (secondary N) is 1. The molecule has 6 heteroatoms. The molecule has 0 heterocycles. The number of carbonyl (C=O) groups excluding carboxylic acids is 1. The van der Waals surface area contributed by atoms with Crippen LogP contribution >= 0.6 is 0 Å². The predicted octanol–water partition coefficient (Wildman–Crippen LogP) is 0.515. The second-order valence-electron chi connectivity index (χ2n) is 3.01. The molecule has 16 heavy (non-hydrogen) atoms. The monoisotopic (exact) mass is 226 g/mol. The molecule has 0 saturated carbocycles. The fraction of sp³-hybridized carbons (Fsp3) is 0.300. The zero-order valence-electron chi connectivity index (χ0n) is 9.15. The highest BCUT2D eigenvalue weighted by atomic mass is 17.2. The van der Waals surface area contributed by atoms with Gasteiger partial charge in [-0.1, -0.05) is 6.07 Å². The highest BCUT2D eigenvalue weighted by Crippen LogP contribution is 2.24. The zero-order valence-corrected chi connectivity index (χ0v) is 9.15. The molecule has 6 nitrogen and oxygen atoms in total. The van der Waals surface area contributed by atoms with Gasteiger partial charge in [0.15, 0.2) is 5.75 Å². The molecular weight excluding hydrogens is 212 g/mol. The van der Waals surface area contributed by atoms with Crippen molar-refractivity contribution in [3.05, 3.63) is 23.8 Å². The molecule has 3 N–H and O–H groups in total. The van der Waals surface area contributed by atoms with Crippen LogP contribution < -0.4 is 20.9 Å². The molecule has 0 radical (unpaired) electrons. The standard InChI is InChI=1S/C10H14N2O4/c1-7(13)15-16-10-5-9(14-2)4-3-8(10)6-12-11/h3-5,12H,6,11H2,1-2H3. The van der Waals surface area contributed by atoms with Crippen LogP contribution in [0.25, 0.3) is 0 Å². The molecule has 0 bridgehead atoms. The van der Waals surface area contributed by atoms with Crippen molar-refractivity contribution in [2.75, 3.05) is 7.11 Å². The average Bonchev–Trinajstić information content (AvgIpc) is 2.28. The van der Waals surface area contributed by atoms with Gasteiger partial charge in [0, 0.05) is 25.1 Å². The molecule has 0 aliphatic heterocycles. The fourth-order valence-corrected chi connectivity index (χ4v) is 1.10. The molecule has 0 aromatic heterocycles. The number of hydrazine groups is 1. The van der Waals surface area contributed by atoms with Crippen molar-refractivity contribution in [3.8, 4) is 11.5 Å². The smallest absolute Gasteiger partial charge is 0.352 e. The maximum absolute atomic E-state index is 10.6. The number of hydrogen-bond donors (Lipinski definition) is 2. The van der Waals surface area contributed by atoms with Gasteiger partial charge in [0.2, 0.25) is 0 Å². The molecule has 1 rings (SSSR count). The van der Waals surface area contributed by atoms with Crippen LogP contribution in [-0.4, -0.2) is 13.1 Å². The normalized spacial score (nSPS) is 9.69. The van der Waals surface area contributed by atoms with Crippen LogP contribution in [0.2, 0.25) is 0 Å². The lowest BCUT2D eigenvalue weighted by Gasteiger charge is -2.09. The summed E-state index contributed by atoms with van der Waals surface area (Å²) < 4.78 is 5.02. The summed E-state index contributed by atoms with van der Waals surface area (Å²) >= 11 is 0. The van der Waals surface area contributed by atoms with Crippen molar-refractivity contribution < 1.29 is 19.3 Å². The van der Waals surface area contributed by atoms with E-state index in [4.69, 9.17) is 15.5 Å². The minimum atomic E-state index is -0.533. The second kappa shape index (κ2) is 5.94. The molecule has 0 aliphatic rings. The van der Waals surface area contributed by atoms with Crippen LogP contribution in [0.15, 0.2) is 18.2 Å². The summed E-state index contributed by atoms with van der Waals surface area (Å²) in [5, 5.41) is 0. The van der Waals surface area contributed by atoms with Crippen LogP contribution in [0.5, 0.6) is 11.5 Å². The van der Waals surface area contributed by atoms with Crippen LogP contribution in [0.3, 0.4) is 0 Å². The van der Waals surface area contributed by atoms with E-state index in [-0.39, 0.29) is 0 Å². The third kappa shape index (κ3) is 3.41. The van der Waals surface area contributed by atoms with Crippen molar-refractivity contribution >= 4 is 5.97 Å². The Morgan fingerprint density at radius 1 is 1.50 bits per heavy atom. The van der Waals surface area contributed by atoms with Crippen molar-refractivity contribution in [1.29, 1.82) is 0 Å². The molecule has 0 fully saturated rings. The highest BCUT2D eigenvalue weighted by Gasteiger charge is 2.08. The van der Waals surface area contributed by atoms with Crippen LogP contribution in [0.4, 0.5) is 0 Å². The summed E-state index contributed by atoms with van der Waals surface area (Å²) in [6.07, 6.45) is 0. The van der Waals surface area contributed by atoms with Crippen molar-refractivity contribution in [2.45, 2.75) is 13.5 Å². The molecule has 0 saturated heterocycles. The number of ether oxygens (including phenoxy) is 1. The van der Waals surface area contributed by atoms with E-state index in [1.54, 1.807) is 18.2 Å². The minimum absolute atomic E-state index is 0.382. The number of methoxy groups -OCH3 is 1. The van der Waals surface area contributed by atoms with Crippen molar-refractivity contribution in [3.63, 3.8) is 0 Å². The Bertz CT molecular complexity index is 368. The van der Waals surface area contributed by atoms with Gasteiger partial charge >= 0.3 is 5.97 Å². The van der Waals surface area contributed by atoms with Gasteiger partial charge < -0.3 is 4.74 Å². The van der Waals surface area contributed by atoms with E-state index < -0.39 is 5.97 Å². The summed E-state index contributed by atoms with van der Waals surface area (Å²) in [5.41, 5.74) is 3.24. The first-order valence-electron chi connectivity index (χ1n) is 4.63. The lowest BCUT2D eigenvalue weighted by Crippen LogP contribution is -2.21. The van der Waals surface area contributed by atoms with Gasteiger partial charge in [0.25, 0.3) is 0 Å². The quantitative estimate of drug-likeness (QED) is 0.432. The molecule has 0 unspecified atom stereocenters. The van der Waals surface area contributed by atoms with E-state index in [1.165, 1.54) is 14.0 Å². The summed E-state index contributed by atoms with van der Waals surface area (Å²) in [5.74, 6) is 5.66. The number of hydrogen-bond acceptors (Lipinski definition) is 6. The number of carbonyl (C=O) groups is 1. The van der Waals surface area contributed by atoms with Gasteiger partial charge in [-0.05, 0) is 6.07 Å². The van der Waals surface area contributed by atoms with Crippen molar-refractivity contribution in [1.82, 2.24) is 5.43 Å². The lowest BCUT2D eigenvalue weighted by molar-refractivity contribution is -0.211. The molecule has 88 valence electrons. The summed E-state index contributed by atoms with van der Waals surface area (Å²) in [6.45, 7) is 1.64. The SMILES string of the molecule is COc1ccc(CNN)c(OOC(C)=O)c1. The van der Waals surface area contributed by atoms with Crippen LogP contribution in [-0.2, 0) is 16.2 Å². The van der Waals surface area contributed by atoms with E-state index in [2.05, 4.69) is 10.3 Å². The first kappa shape index (κ1) is 12.3. The van der Waals surface area contributed by atoms with Gasteiger partial charge in [-0.15, -0.1) is 0 Å². The lowest BCUT2D eigenvalue weighted by atomic mass is 10.2. The third-order valence-electron chi connectivity index (χ3n) is 1.82. The second-order valence-corrected chi connectivity index (χ2v) is 3.01. The fourth-order valence-electron chi connectivity index (χ4n) is 1.10. The molecule has 0 atom stereocenters. The number of rotatable bonds is 5. The van der Waals surface area contributed by atoms with Gasteiger partial charge in [-0.2, -0.15) is 0 Å². The summed E-state index contributed by atoms with van der Waals surface area (Å²) in [6, 6.07) is 5.13. The Morgan fingerprint density at radius 3 is 2.81 bits per heavy atom. The maximum atomic E-state index is 10.6. The first-order valence-corrected chi connectivity index (χ1v) is 4.63. The van der Waals surface area contributed by atoms with Gasteiger partial charge in [0.1, 0.15) is 5.75 Å². The summed E-state index contributed by atoms with van der Waals surface area (Å²) in [4.78, 5) is 19.9. The van der Waals surface area contributed by atoms with Gasteiger partial charge in [0.05, 0.1) is 7.11 Å². The van der Waals surface area contributed by atoms with Crippen LogP contribution in [0.1, 0.15) is 12.5 Å². The maximum Gasteiger partial charge on any atom is 0.352 e. The predicted molar refractivity (Wildman–Crippen MR) is 56.4 cm³/mol. The van der Waals surface area contributed by atoms with E-state index in [0.29, 0.717) is 18.0 Å².